The summed E-state index contributed by atoms with van der Waals surface area (Å²) in [7, 11) is 0. The quantitative estimate of drug-likeness (QED) is 0.167. The molecule has 0 aliphatic carbocycles. The highest BCUT2D eigenvalue weighted by molar-refractivity contribution is 7.26. The lowest BCUT2D eigenvalue weighted by Gasteiger charge is -2.16. The first-order valence-electron chi connectivity index (χ1n) is 23.5. The Kier molecular flexibility index (Phi) is 8.43. The molecule has 0 spiro atoms. The molecule has 0 radical (unpaired) electrons. The van der Waals surface area contributed by atoms with Crippen LogP contribution in [0.1, 0.15) is 0 Å². The predicted octanol–water partition coefficient (Wildman–Crippen LogP) is 17.0. The van der Waals surface area contributed by atoms with E-state index in [1.54, 1.807) is 11.3 Å². The summed E-state index contributed by atoms with van der Waals surface area (Å²) in [6.07, 6.45) is 0. The Morgan fingerprint density at radius 3 is 1.77 bits per heavy atom. The molecule has 0 aliphatic heterocycles. The number of nitrogens with zero attached hydrogens (tertiary/aromatic N) is 5. The first-order chi connectivity index (χ1) is 34.7. The summed E-state index contributed by atoms with van der Waals surface area (Å²) in [5.41, 5.74) is 13.2. The molecule has 15 rings (SSSR count). The van der Waals surface area contributed by atoms with Gasteiger partial charge in [0.2, 0.25) is 0 Å². The van der Waals surface area contributed by atoms with Crippen molar-refractivity contribution in [3.8, 4) is 56.7 Å². The first kappa shape index (κ1) is 38.9. The summed E-state index contributed by atoms with van der Waals surface area (Å²) in [5, 5.41) is 9.19. The van der Waals surface area contributed by atoms with E-state index in [2.05, 4.69) is 203 Å². The number of thiophene rings is 1. The van der Waals surface area contributed by atoms with Gasteiger partial charge in [0.1, 0.15) is 11.2 Å². The molecule has 15 aromatic rings. The van der Waals surface area contributed by atoms with Crippen molar-refractivity contribution in [1.29, 1.82) is 0 Å². The minimum Gasteiger partial charge on any atom is -0.456 e. The van der Waals surface area contributed by atoms with Crippen molar-refractivity contribution in [2.45, 2.75) is 0 Å². The predicted molar refractivity (Wildman–Crippen MR) is 290 cm³/mol. The monoisotopic (exact) mass is 911 g/mol. The molecule has 6 nitrogen and oxygen atoms in total. The number of rotatable bonds is 6. The van der Waals surface area contributed by atoms with Crippen LogP contribution in [0, 0.1) is 0 Å². The van der Waals surface area contributed by atoms with Gasteiger partial charge in [-0.3, -0.25) is 0 Å². The van der Waals surface area contributed by atoms with E-state index in [1.807, 2.05) is 30.3 Å². The highest BCUT2D eigenvalue weighted by Gasteiger charge is 2.25. The minimum atomic E-state index is 0.578. The second kappa shape index (κ2) is 15.2. The Morgan fingerprint density at radius 2 is 0.943 bits per heavy atom. The van der Waals surface area contributed by atoms with Crippen molar-refractivity contribution in [2.75, 3.05) is 0 Å². The van der Waals surface area contributed by atoms with Gasteiger partial charge in [-0.1, -0.05) is 152 Å². The Bertz CT molecular complexity index is 4600. The Balaban J connectivity index is 0.993. The maximum atomic E-state index is 6.68. The van der Waals surface area contributed by atoms with Gasteiger partial charge in [-0.2, -0.15) is 0 Å². The lowest BCUT2D eigenvalue weighted by atomic mass is 10.0. The highest BCUT2D eigenvalue weighted by Crippen LogP contribution is 2.45. The van der Waals surface area contributed by atoms with Gasteiger partial charge in [-0.15, -0.1) is 11.3 Å². The SMILES string of the molecule is c1ccc(-c2nc(-c3ccc4oc5ccccc5c4c3-n3c4ccccc4c4cc(-c5ccc6c7ccccc7n(-c7ccccc7)c6c5)ccc43)nc(-c3cccc4c3sc3ccccc34)n2)cc1. The number of hydrogen-bond acceptors (Lipinski definition) is 5. The standard InChI is InChI=1S/C63H37N5OS/c1-3-16-38(17-4-1)61-64-62(66-63(65-61)49-25-15-24-46-45-22-10-14-29-57(45)70-60(46)49)48-33-35-56-58(47-23-9-13-28-55(47)69-56)59(48)68-52-27-12-8-21-43(52)50-36-39(31-34-53(50)68)40-30-32-44-42-20-7-11-26-51(42)67(54(44)37-40)41-18-5-2-6-19-41/h1-37H. The molecule has 0 saturated heterocycles. The van der Waals surface area contributed by atoms with E-state index in [0.29, 0.717) is 17.5 Å². The third kappa shape index (κ3) is 5.82. The zero-order valence-corrected chi connectivity index (χ0v) is 38.2. The van der Waals surface area contributed by atoms with Gasteiger partial charge in [-0.25, -0.2) is 15.0 Å². The van der Waals surface area contributed by atoms with Gasteiger partial charge in [-0.05, 0) is 83.9 Å². The van der Waals surface area contributed by atoms with Crippen LogP contribution in [-0.4, -0.2) is 24.1 Å². The smallest absolute Gasteiger partial charge is 0.166 e. The van der Waals surface area contributed by atoms with E-state index in [9.17, 15) is 0 Å². The Hall–Kier alpha value is -9.17. The van der Waals surface area contributed by atoms with Crippen molar-refractivity contribution >= 4 is 97.1 Å². The van der Waals surface area contributed by atoms with Gasteiger partial charge < -0.3 is 13.6 Å². The molecule has 7 heteroatoms. The molecule has 0 bridgehead atoms. The lowest BCUT2D eigenvalue weighted by Crippen LogP contribution is -2.04. The van der Waals surface area contributed by atoms with E-state index in [4.69, 9.17) is 19.4 Å². The number of aromatic nitrogens is 5. The largest absolute Gasteiger partial charge is 0.456 e. The van der Waals surface area contributed by atoms with Crippen LogP contribution in [-0.2, 0) is 0 Å². The summed E-state index contributed by atoms with van der Waals surface area (Å²) >= 11 is 1.78. The summed E-state index contributed by atoms with van der Waals surface area (Å²) in [6, 6.07) is 79.7. The molecule has 0 atom stereocenters. The molecular formula is C63H37N5OS. The van der Waals surface area contributed by atoms with Crippen molar-refractivity contribution in [2.24, 2.45) is 0 Å². The molecule has 0 saturated carbocycles. The normalized spacial score (nSPS) is 12.0. The number of furan rings is 1. The van der Waals surface area contributed by atoms with Crippen LogP contribution in [0.2, 0.25) is 0 Å². The van der Waals surface area contributed by atoms with Crippen LogP contribution in [0.4, 0.5) is 0 Å². The fourth-order valence-corrected chi connectivity index (χ4v) is 12.1. The fraction of sp³-hybridized carbons (Fsp3) is 0. The van der Waals surface area contributed by atoms with E-state index >= 15 is 0 Å². The summed E-state index contributed by atoms with van der Waals surface area (Å²) in [4.78, 5) is 16.1. The number of para-hydroxylation sites is 4. The lowest BCUT2D eigenvalue weighted by molar-refractivity contribution is 0.669. The molecular weight excluding hydrogens is 875 g/mol. The average Bonchev–Trinajstić information content (AvgIpc) is 4.19. The van der Waals surface area contributed by atoms with Crippen molar-refractivity contribution in [1.82, 2.24) is 24.1 Å². The minimum absolute atomic E-state index is 0.578. The fourth-order valence-electron chi connectivity index (χ4n) is 10.9. The van der Waals surface area contributed by atoms with Crippen LogP contribution >= 0.6 is 11.3 Å². The summed E-state index contributed by atoms with van der Waals surface area (Å²) < 4.78 is 13.8. The van der Waals surface area contributed by atoms with Crippen LogP contribution in [0.25, 0.3) is 142 Å². The van der Waals surface area contributed by atoms with E-state index in [0.717, 1.165) is 87.6 Å². The van der Waals surface area contributed by atoms with Gasteiger partial charge in [0.15, 0.2) is 17.5 Å². The maximum Gasteiger partial charge on any atom is 0.166 e. The van der Waals surface area contributed by atoms with E-state index in [-0.39, 0.29) is 0 Å². The molecule has 10 aromatic carbocycles. The van der Waals surface area contributed by atoms with Crippen molar-refractivity contribution < 1.29 is 4.42 Å². The van der Waals surface area contributed by atoms with E-state index in [1.165, 1.54) is 37.3 Å². The van der Waals surface area contributed by atoms with Crippen LogP contribution in [0.15, 0.2) is 229 Å². The Morgan fingerprint density at radius 1 is 0.343 bits per heavy atom. The molecule has 0 unspecified atom stereocenters. The zero-order chi connectivity index (χ0) is 45.9. The molecule has 0 fully saturated rings. The van der Waals surface area contributed by atoms with Gasteiger partial charge in [0, 0.05) is 69.5 Å². The van der Waals surface area contributed by atoms with Crippen LogP contribution in [0.3, 0.4) is 0 Å². The average molecular weight is 912 g/mol. The third-order valence-corrected chi connectivity index (χ3v) is 15.2. The first-order valence-corrected chi connectivity index (χ1v) is 24.3. The van der Waals surface area contributed by atoms with E-state index < -0.39 is 0 Å². The zero-order valence-electron chi connectivity index (χ0n) is 37.4. The van der Waals surface area contributed by atoms with Crippen LogP contribution in [0.5, 0.6) is 0 Å². The second-order valence-electron chi connectivity index (χ2n) is 17.9. The van der Waals surface area contributed by atoms with Crippen LogP contribution < -0.4 is 0 Å². The topological polar surface area (TPSA) is 61.7 Å². The second-order valence-corrected chi connectivity index (χ2v) is 18.9. The molecule has 5 heterocycles. The number of benzene rings is 10. The number of fused-ring (bicyclic) bond motifs is 12. The van der Waals surface area contributed by atoms with Crippen molar-refractivity contribution in [3.05, 3.63) is 224 Å². The summed E-state index contributed by atoms with van der Waals surface area (Å²) in [5.74, 6) is 1.81. The highest BCUT2D eigenvalue weighted by atomic mass is 32.1. The Labute approximate surface area is 404 Å². The van der Waals surface area contributed by atoms with Crippen molar-refractivity contribution in [3.63, 3.8) is 0 Å². The molecule has 0 amide bonds. The number of hydrogen-bond donors (Lipinski definition) is 0. The molecule has 0 aliphatic rings. The van der Waals surface area contributed by atoms with Gasteiger partial charge in [0.05, 0.1) is 33.1 Å². The molecule has 326 valence electrons. The molecule has 5 aromatic heterocycles. The summed E-state index contributed by atoms with van der Waals surface area (Å²) in [6.45, 7) is 0. The van der Waals surface area contributed by atoms with Gasteiger partial charge >= 0.3 is 0 Å². The molecule has 70 heavy (non-hydrogen) atoms. The molecule has 0 N–H and O–H groups in total. The van der Waals surface area contributed by atoms with Gasteiger partial charge in [0.25, 0.3) is 0 Å². The maximum absolute atomic E-state index is 6.68. The third-order valence-electron chi connectivity index (χ3n) is 14.0.